The van der Waals surface area contributed by atoms with Gasteiger partial charge in [-0.3, -0.25) is 15.2 Å². The predicted octanol–water partition coefficient (Wildman–Crippen LogP) is 1.55. The zero-order valence-electron chi connectivity index (χ0n) is 11.6. The minimum atomic E-state index is -0.400. The fraction of sp³-hybridized carbons (Fsp3) is 0.143. The Kier molecular flexibility index (Phi) is 4.45. The van der Waals surface area contributed by atoms with Gasteiger partial charge in [-0.15, -0.1) is 5.10 Å². The first-order valence-corrected chi connectivity index (χ1v) is 6.15. The van der Waals surface area contributed by atoms with Crippen LogP contribution in [0.4, 0.5) is 5.95 Å². The fourth-order valence-electron chi connectivity index (χ4n) is 1.57. The second-order valence-corrected chi connectivity index (χ2v) is 4.18. The van der Waals surface area contributed by atoms with E-state index in [-0.39, 0.29) is 11.9 Å². The molecule has 21 heavy (non-hydrogen) atoms. The van der Waals surface area contributed by atoms with Crippen LogP contribution in [0.1, 0.15) is 21.7 Å². The number of methoxy groups -OCH3 is 1. The van der Waals surface area contributed by atoms with E-state index in [9.17, 15) is 9.59 Å². The topological polar surface area (TPSA) is 97.0 Å². The first kappa shape index (κ1) is 14.4. The van der Waals surface area contributed by atoms with Gasteiger partial charge in [-0.2, -0.15) is 4.98 Å². The summed E-state index contributed by atoms with van der Waals surface area (Å²) in [4.78, 5) is 26.9. The molecule has 2 aromatic rings. The standard InChI is InChI=1S/C14H14N4O3/c1-9-15-14(18-17-9)16-12(19)8-5-10-3-6-11(7-4-10)13(20)21-2/h3-8H,1-2H3,(H2,15,16,17,18,19). The lowest BCUT2D eigenvalue weighted by Crippen LogP contribution is -2.09. The SMILES string of the molecule is COC(=O)c1ccc(C=CC(=O)Nc2n[nH]c(C)n2)cc1. The number of benzene rings is 1. The molecule has 1 aromatic carbocycles. The number of anilines is 1. The van der Waals surface area contributed by atoms with E-state index in [0.29, 0.717) is 11.4 Å². The number of aromatic nitrogens is 3. The highest BCUT2D eigenvalue weighted by atomic mass is 16.5. The van der Waals surface area contributed by atoms with Crippen molar-refractivity contribution in [2.45, 2.75) is 6.92 Å². The summed E-state index contributed by atoms with van der Waals surface area (Å²) in [7, 11) is 1.32. The van der Waals surface area contributed by atoms with Gasteiger partial charge in [0.05, 0.1) is 12.7 Å². The maximum absolute atomic E-state index is 11.7. The first-order chi connectivity index (χ1) is 10.1. The Morgan fingerprint density at radius 2 is 2.00 bits per heavy atom. The molecular weight excluding hydrogens is 272 g/mol. The second-order valence-electron chi connectivity index (χ2n) is 4.18. The third-order valence-corrected chi connectivity index (χ3v) is 2.59. The normalized spacial score (nSPS) is 10.6. The third-order valence-electron chi connectivity index (χ3n) is 2.59. The molecule has 0 spiro atoms. The Balaban J connectivity index is 1.97. The molecule has 2 rings (SSSR count). The number of esters is 1. The molecule has 1 aromatic heterocycles. The highest BCUT2D eigenvalue weighted by Crippen LogP contribution is 2.07. The fourth-order valence-corrected chi connectivity index (χ4v) is 1.57. The monoisotopic (exact) mass is 286 g/mol. The minimum Gasteiger partial charge on any atom is -0.465 e. The summed E-state index contributed by atoms with van der Waals surface area (Å²) in [5, 5.41) is 8.94. The molecule has 0 radical (unpaired) electrons. The number of H-pyrrole nitrogens is 1. The number of aromatic amines is 1. The van der Waals surface area contributed by atoms with E-state index in [2.05, 4.69) is 25.2 Å². The maximum Gasteiger partial charge on any atom is 0.337 e. The van der Waals surface area contributed by atoms with Gasteiger partial charge in [-0.1, -0.05) is 12.1 Å². The minimum absolute atomic E-state index is 0.225. The Hall–Kier alpha value is -2.96. The number of amides is 1. The molecule has 1 heterocycles. The van der Waals surface area contributed by atoms with Gasteiger partial charge in [0, 0.05) is 6.08 Å². The van der Waals surface area contributed by atoms with Crippen LogP contribution in [0.5, 0.6) is 0 Å². The van der Waals surface area contributed by atoms with Crippen LogP contribution in [-0.2, 0) is 9.53 Å². The Morgan fingerprint density at radius 1 is 1.29 bits per heavy atom. The van der Waals surface area contributed by atoms with Crippen molar-refractivity contribution in [3.05, 3.63) is 47.3 Å². The van der Waals surface area contributed by atoms with Gasteiger partial charge >= 0.3 is 5.97 Å². The number of hydrogen-bond acceptors (Lipinski definition) is 5. The van der Waals surface area contributed by atoms with Crippen molar-refractivity contribution in [1.82, 2.24) is 15.2 Å². The molecule has 7 nitrogen and oxygen atoms in total. The van der Waals surface area contributed by atoms with E-state index in [1.807, 2.05) is 0 Å². The molecule has 0 saturated carbocycles. The van der Waals surface area contributed by atoms with Gasteiger partial charge in [0.2, 0.25) is 5.95 Å². The summed E-state index contributed by atoms with van der Waals surface area (Å²) in [6, 6.07) is 6.68. The summed E-state index contributed by atoms with van der Waals surface area (Å²) in [6.07, 6.45) is 2.98. The Bertz CT molecular complexity index is 674. The number of carbonyl (C=O) groups excluding carboxylic acids is 2. The van der Waals surface area contributed by atoms with Crippen LogP contribution in [-0.4, -0.2) is 34.2 Å². The number of rotatable bonds is 4. The molecule has 0 fully saturated rings. The van der Waals surface area contributed by atoms with Crippen molar-refractivity contribution < 1.29 is 14.3 Å². The van der Waals surface area contributed by atoms with Crippen LogP contribution < -0.4 is 5.32 Å². The average Bonchev–Trinajstić information content (AvgIpc) is 2.90. The molecule has 0 aliphatic carbocycles. The molecule has 0 unspecified atom stereocenters. The molecule has 0 bridgehead atoms. The molecule has 0 atom stereocenters. The molecule has 0 aliphatic rings. The number of aryl methyl sites for hydroxylation is 1. The summed E-state index contributed by atoms with van der Waals surface area (Å²) >= 11 is 0. The van der Waals surface area contributed by atoms with Crippen molar-refractivity contribution in [1.29, 1.82) is 0 Å². The molecule has 0 aliphatic heterocycles. The van der Waals surface area contributed by atoms with E-state index in [0.717, 1.165) is 5.56 Å². The lowest BCUT2D eigenvalue weighted by molar-refractivity contribution is -0.111. The number of ether oxygens (including phenoxy) is 1. The van der Waals surface area contributed by atoms with Crippen molar-refractivity contribution in [2.75, 3.05) is 12.4 Å². The van der Waals surface area contributed by atoms with Gasteiger partial charge in [0.1, 0.15) is 5.82 Å². The van der Waals surface area contributed by atoms with Crippen molar-refractivity contribution >= 4 is 23.9 Å². The van der Waals surface area contributed by atoms with Gasteiger partial charge in [0.25, 0.3) is 5.91 Å². The Labute approximate surface area is 121 Å². The smallest absolute Gasteiger partial charge is 0.337 e. The largest absolute Gasteiger partial charge is 0.465 e. The van der Waals surface area contributed by atoms with Gasteiger partial charge in [0.15, 0.2) is 0 Å². The third kappa shape index (κ3) is 4.00. The van der Waals surface area contributed by atoms with E-state index in [4.69, 9.17) is 0 Å². The van der Waals surface area contributed by atoms with E-state index in [1.165, 1.54) is 13.2 Å². The van der Waals surface area contributed by atoms with E-state index in [1.54, 1.807) is 37.3 Å². The van der Waals surface area contributed by atoms with Crippen LogP contribution in [0.25, 0.3) is 6.08 Å². The predicted molar refractivity (Wildman–Crippen MR) is 76.6 cm³/mol. The number of hydrogen-bond donors (Lipinski definition) is 2. The van der Waals surface area contributed by atoms with Crippen LogP contribution in [0, 0.1) is 6.92 Å². The maximum atomic E-state index is 11.7. The quantitative estimate of drug-likeness (QED) is 0.656. The average molecular weight is 286 g/mol. The lowest BCUT2D eigenvalue weighted by atomic mass is 10.1. The van der Waals surface area contributed by atoms with Crippen LogP contribution in [0.3, 0.4) is 0 Å². The van der Waals surface area contributed by atoms with Crippen LogP contribution in [0.15, 0.2) is 30.3 Å². The van der Waals surface area contributed by atoms with E-state index < -0.39 is 5.97 Å². The summed E-state index contributed by atoms with van der Waals surface area (Å²) in [6.45, 7) is 1.74. The van der Waals surface area contributed by atoms with Gasteiger partial charge in [-0.25, -0.2) is 4.79 Å². The molecule has 7 heteroatoms. The zero-order valence-corrected chi connectivity index (χ0v) is 11.6. The van der Waals surface area contributed by atoms with Gasteiger partial charge < -0.3 is 4.74 Å². The highest BCUT2D eigenvalue weighted by molar-refractivity contribution is 6.01. The van der Waals surface area contributed by atoms with Crippen LogP contribution >= 0.6 is 0 Å². The van der Waals surface area contributed by atoms with E-state index >= 15 is 0 Å². The molecule has 2 N–H and O–H groups in total. The first-order valence-electron chi connectivity index (χ1n) is 6.15. The summed E-state index contributed by atoms with van der Waals surface area (Å²) in [5.41, 5.74) is 1.24. The highest BCUT2D eigenvalue weighted by Gasteiger charge is 2.04. The molecule has 1 amide bonds. The zero-order chi connectivity index (χ0) is 15.2. The van der Waals surface area contributed by atoms with Gasteiger partial charge in [-0.05, 0) is 30.7 Å². The number of nitrogens with one attached hydrogen (secondary N) is 2. The molecular formula is C14H14N4O3. The summed E-state index contributed by atoms with van der Waals surface area (Å²) < 4.78 is 4.60. The number of carbonyl (C=O) groups is 2. The van der Waals surface area contributed by atoms with Crippen molar-refractivity contribution in [3.8, 4) is 0 Å². The second kappa shape index (κ2) is 6.47. The lowest BCUT2D eigenvalue weighted by Gasteiger charge is -1.99. The van der Waals surface area contributed by atoms with Crippen molar-refractivity contribution in [3.63, 3.8) is 0 Å². The van der Waals surface area contributed by atoms with Crippen molar-refractivity contribution in [2.24, 2.45) is 0 Å². The molecule has 0 saturated heterocycles. The number of nitrogens with zero attached hydrogens (tertiary/aromatic N) is 2. The Morgan fingerprint density at radius 3 is 2.57 bits per heavy atom. The molecule has 108 valence electrons. The summed E-state index contributed by atoms with van der Waals surface area (Å²) in [5.74, 6) is 0.102. The van der Waals surface area contributed by atoms with Crippen LogP contribution in [0.2, 0.25) is 0 Å².